The van der Waals surface area contributed by atoms with Crippen LogP contribution in [0.1, 0.15) is 18.9 Å². The van der Waals surface area contributed by atoms with Gasteiger partial charge in [-0.3, -0.25) is 4.90 Å². The van der Waals surface area contributed by atoms with E-state index in [1.54, 1.807) is 18.2 Å². The molecule has 0 amide bonds. The molecule has 20 heavy (non-hydrogen) atoms. The van der Waals surface area contributed by atoms with Crippen molar-refractivity contribution in [3.8, 4) is 0 Å². The Morgan fingerprint density at radius 2 is 2.05 bits per heavy atom. The summed E-state index contributed by atoms with van der Waals surface area (Å²) in [5.74, 6) is -0.759. The Kier molecular flexibility index (Phi) is 4.73. The van der Waals surface area contributed by atoms with Crippen molar-refractivity contribution in [2.24, 2.45) is 0 Å². The number of methoxy groups -OCH3 is 1. The quantitative estimate of drug-likeness (QED) is 0.849. The Morgan fingerprint density at radius 1 is 1.40 bits per heavy atom. The van der Waals surface area contributed by atoms with Crippen LogP contribution in [0.5, 0.6) is 0 Å². The van der Waals surface area contributed by atoms with Gasteiger partial charge in [0.05, 0.1) is 7.11 Å². The molecule has 1 heterocycles. The highest BCUT2D eigenvalue weighted by molar-refractivity contribution is 5.82. The molecule has 0 saturated carbocycles. The molecule has 2 rings (SSSR count). The molecule has 1 unspecified atom stereocenters. The second kappa shape index (κ2) is 6.33. The molecule has 0 spiro atoms. The van der Waals surface area contributed by atoms with E-state index in [2.05, 4.69) is 5.32 Å². The van der Waals surface area contributed by atoms with Gasteiger partial charge in [0.15, 0.2) is 0 Å². The fraction of sp³-hybridized carbons (Fsp3) is 0.533. The van der Waals surface area contributed by atoms with Crippen LogP contribution in [-0.2, 0) is 15.1 Å². The second-order valence-electron chi connectivity index (χ2n) is 4.92. The number of benzene rings is 1. The SMILES string of the molecule is CCC(C(=O)OC)(c1ccccc1F)N1CCNCC1. The largest absolute Gasteiger partial charge is 0.467 e. The average Bonchev–Trinajstić information content (AvgIpc) is 2.51. The predicted molar refractivity (Wildman–Crippen MR) is 74.8 cm³/mol. The second-order valence-corrected chi connectivity index (χ2v) is 4.92. The topological polar surface area (TPSA) is 41.6 Å². The van der Waals surface area contributed by atoms with Crippen molar-refractivity contribution in [1.82, 2.24) is 10.2 Å². The molecule has 1 saturated heterocycles. The number of halogens is 1. The highest BCUT2D eigenvalue weighted by atomic mass is 19.1. The summed E-state index contributed by atoms with van der Waals surface area (Å²) in [7, 11) is 1.36. The van der Waals surface area contributed by atoms with Gasteiger partial charge in [0, 0.05) is 31.7 Å². The summed E-state index contributed by atoms with van der Waals surface area (Å²) in [5, 5.41) is 3.25. The van der Waals surface area contributed by atoms with E-state index in [9.17, 15) is 9.18 Å². The number of piperazine rings is 1. The molecule has 1 aromatic rings. The van der Waals surface area contributed by atoms with Crippen molar-refractivity contribution in [2.75, 3.05) is 33.3 Å². The number of carbonyl (C=O) groups excluding carboxylic acids is 1. The monoisotopic (exact) mass is 280 g/mol. The van der Waals surface area contributed by atoms with E-state index < -0.39 is 11.5 Å². The average molecular weight is 280 g/mol. The van der Waals surface area contributed by atoms with Crippen molar-refractivity contribution in [2.45, 2.75) is 18.9 Å². The van der Waals surface area contributed by atoms with Crippen LogP contribution in [0, 0.1) is 5.82 Å². The first-order valence-corrected chi connectivity index (χ1v) is 6.96. The minimum absolute atomic E-state index is 0.363. The van der Waals surface area contributed by atoms with Crippen molar-refractivity contribution < 1.29 is 13.9 Å². The maximum Gasteiger partial charge on any atom is 0.331 e. The molecule has 1 atom stereocenters. The molecule has 1 aliphatic rings. The lowest BCUT2D eigenvalue weighted by molar-refractivity contribution is -0.157. The van der Waals surface area contributed by atoms with E-state index >= 15 is 0 Å². The molecule has 0 aromatic heterocycles. The Morgan fingerprint density at radius 3 is 2.60 bits per heavy atom. The van der Waals surface area contributed by atoms with Gasteiger partial charge in [0.1, 0.15) is 11.4 Å². The molecule has 110 valence electrons. The molecular formula is C15H21FN2O2. The molecule has 4 nitrogen and oxygen atoms in total. The zero-order valence-electron chi connectivity index (χ0n) is 12.0. The number of esters is 1. The summed E-state index contributed by atoms with van der Waals surface area (Å²) >= 11 is 0. The van der Waals surface area contributed by atoms with Crippen LogP contribution < -0.4 is 5.32 Å². The van der Waals surface area contributed by atoms with Crippen molar-refractivity contribution in [3.63, 3.8) is 0 Å². The van der Waals surface area contributed by atoms with Crippen molar-refractivity contribution in [3.05, 3.63) is 35.6 Å². The summed E-state index contributed by atoms with van der Waals surface area (Å²) in [6.07, 6.45) is 0.473. The van der Waals surface area contributed by atoms with Gasteiger partial charge < -0.3 is 10.1 Å². The number of nitrogens with one attached hydrogen (secondary N) is 1. The summed E-state index contributed by atoms with van der Waals surface area (Å²) in [6.45, 7) is 4.85. The fourth-order valence-electron chi connectivity index (χ4n) is 2.98. The lowest BCUT2D eigenvalue weighted by Crippen LogP contribution is -2.58. The lowest BCUT2D eigenvalue weighted by Gasteiger charge is -2.43. The summed E-state index contributed by atoms with van der Waals surface area (Å²) in [5.41, 5.74) is -0.640. The number of hydrogen-bond donors (Lipinski definition) is 1. The molecule has 0 aliphatic carbocycles. The van der Waals surface area contributed by atoms with Crippen LogP contribution in [0.3, 0.4) is 0 Å². The molecule has 1 aromatic carbocycles. The molecule has 0 radical (unpaired) electrons. The molecular weight excluding hydrogens is 259 g/mol. The fourth-order valence-corrected chi connectivity index (χ4v) is 2.98. The first-order valence-electron chi connectivity index (χ1n) is 6.96. The number of ether oxygens (including phenoxy) is 1. The first kappa shape index (κ1) is 14.9. The van der Waals surface area contributed by atoms with Crippen molar-refractivity contribution >= 4 is 5.97 Å². The summed E-state index contributed by atoms with van der Waals surface area (Å²) in [4.78, 5) is 14.5. The van der Waals surface area contributed by atoms with Gasteiger partial charge in [-0.2, -0.15) is 0 Å². The van der Waals surface area contributed by atoms with E-state index in [0.717, 1.165) is 13.1 Å². The standard InChI is InChI=1S/C15H21FN2O2/c1-3-15(14(19)20-2,18-10-8-17-9-11-18)12-6-4-5-7-13(12)16/h4-7,17H,3,8-11H2,1-2H3. The molecule has 5 heteroatoms. The van der Waals surface area contributed by atoms with Gasteiger partial charge >= 0.3 is 5.97 Å². The van der Waals surface area contributed by atoms with Gasteiger partial charge in [0.2, 0.25) is 0 Å². The van der Waals surface area contributed by atoms with Gasteiger partial charge in [0.25, 0.3) is 0 Å². The van der Waals surface area contributed by atoms with E-state index in [1.165, 1.54) is 13.2 Å². The van der Waals surface area contributed by atoms with Gasteiger partial charge in [-0.15, -0.1) is 0 Å². The first-order chi connectivity index (χ1) is 9.66. The normalized spacial score (nSPS) is 19.4. The van der Waals surface area contributed by atoms with E-state index in [1.807, 2.05) is 11.8 Å². The molecule has 1 fully saturated rings. The van der Waals surface area contributed by atoms with Crippen molar-refractivity contribution in [1.29, 1.82) is 0 Å². The smallest absolute Gasteiger partial charge is 0.331 e. The zero-order valence-corrected chi connectivity index (χ0v) is 12.0. The van der Waals surface area contributed by atoms with E-state index in [-0.39, 0.29) is 5.82 Å². The number of carbonyl (C=O) groups is 1. The minimum atomic E-state index is -1.04. The van der Waals surface area contributed by atoms with Gasteiger partial charge in [-0.25, -0.2) is 9.18 Å². The lowest BCUT2D eigenvalue weighted by atomic mass is 9.84. The minimum Gasteiger partial charge on any atom is -0.467 e. The van der Waals surface area contributed by atoms with E-state index in [0.29, 0.717) is 25.1 Å². The van der Waals surface area contributed by atoms with Crippen LogP contribution in [0.25, 0.3) is 0 Å². The Bertz CT molecular complexity index is 475. The maximum absolute atomic E-state index is 14.3. The molecule has 0 bridgehead atoms. The van der Waals surface area contributed by atoms with Crippen LogP contribution >= 0.6 is 0 Å². The molecule has 1 aliphatic heterocycles. The number of rotatable bonds is 4. The van der Waals surface area contributed by atoms with Crippen LogP contribution in [0.15, 0.2) is 24.3 Å². The Labute approximate surface area is 118 Å². The number of hydrogen-bond acceptors (Lipinski definition) is 4. The third kappa shape index (κ3) is 2.43. The maximum atomic E-state index is 14.3. The molecule has 1 N–H and O–H groups in total. The van der Waals surface area contributed by atoms with Gasteiger partial charge in [-0.1, -0.05) is 25.1 Å². The number of nitrogens with zero attached hydrogens (tertiary/aromatic N) is 1. The Hall–Kier alpha value is -1.46. The Balaban J connectivity index is 2.52. The zero-order chi connectivity index (χ0) is 14.6. The highest BCUT2D eigenvalue weighted by Crippen LogP contribution is 2.35. The summed E-state index contributed by atoms with van der Waals surface area (Å²) < 4.78 is 19.3. The summed E-state index contributed by atoms with van der Waals surface area (Å²) in [6, 6.07) is 6.46. The predicted octanol–water partition coefficient (Wildman–Crippen LogP) is 1.51. The third-order valence-electron chi connectivity index (χ3n) is 4.01. The van der Waals surface area contributed by atoms with Crippen LogP contribution in [0.4, 0.5) is 4.39 Å². The van der Waals surface area contributed by atoms with Crippen LogP contribution in [-0.4, -0.2) is 44.2 Å². The third-order valence-corrected chi connectivity index (χ3v) is 4.01. The van der Waals surface area contributed by atoms with E-state index in [4.69, 9.17) is 4.74 Å². The highest BCUT2D eigenvalue weighted by Gasteiger charge is 2.47. The van der Waals surface area contributed by atoms with Crippen LogP contribution in [0.2, 0.25) is 0 Å². The van der Waals surface area contributed by atoms with Gasteiger partial charge in [-0.05, 0) is 12.5 Å².